The lowest BCUT2D eigenvalue weighted by Crippen LogP contribution is -2.17. The highest BCUT2D eigenvalue weighted by atomic mass is 32.2. The molecule has 0 fully saturated rings. The summed E-state index contributed by atoms with van der Waals surface area (Å²) in [5.41, 5.74) is 2.13. The minimum absolute atomic E-state index is 0.364. The molecule has 0 saturated carbocycles. The number of benzene rings is 1. The van der Waals surface area contributed by atoms with Crippen LogP contribution in [0.5, 0.6) is 0 Å². The fourth-order valence-corrected chi connectivity index (χ4v) is 2.15. The van der Waals surface area contributed by atoms with Gasteiger partial charge in [0.2, 0.25) is 0 Å². The lowest BCUT2D eigenvalue weighted by molar-refractivity contribution is 0.0696. The quantitative estimate of drug-likeness (QED) is 0.829. The van der Waals surface area contributed by atoms with Crippen LogP contribution in [0.3, 0.4) is 0 Å². The average molecular weight is 239 g/mol. The molecule has 0 radical (unpaired) electrons. The van der Waals surface area contributed by atoms with Gasteiger partial charge in [0, 0.05) is 17.5 Å². The second kappa shape index (κ2) is 5.80. The molecule has 0 aromatic heterocycles. The number of thioether (sulfide) groups is 1. The maximum atomic E-state index is 10.8. The normalized spacial score (nSPS) is 12.2. The summed E-state index contributed by atoms with van der Waals surface area (Å²) in [5.74, 6) is 0.154. The van der Waals surface area contributed by atoms with E-state index >= 15 is 0 Å². The van der Waals surface area contributed by atoms with Gasteiger partial charge in [-0.15, -0.1) is 0 Å². The summed E-state index contributed by atoms with van der Waals surface area (Å²) in [6, 6.07) is 5.71. The number of nitrogens with one attached hydrogen (secondary N) is 1. The van der Waals surface area contributed by atoms with E-state index in [0.29, 0.717) is 11.6 Å². The first kappa shape index (κ1) is 12.9. The standard InChI is InChI=1S/C12H17NO2S/c1-8-6-10(13-9(2)7-16-3)4-5-11(8)12(14)15/h4-6,9,13H,7H2,1-3H3,(H,14,15). The number of anilines is 1. The van der Waals surface area contributed by atoms with Crippen LogP contribution in [-0.2, 0) is 0 Å². The van der Waals surface area contributed by atoms with Gasteiger partial charge in [0.1, 0.15) is 0 Å². The topological polar surface area (TPSA) is 49.3 Å². The Kier molecular flexibility index (Phi) is 4.68. The van der Waals surface area contributed by atoms with Gasteiger partial charge in [-0.25, -0.2) is 4.79 Å². The third-order valence-corrected chi connectivity index (χ3v) is 3.12. The van der Waals surface area contributed by atoms with Gasteiger partial charge < -0.3 is 10.4 Å². The molecule has 1 aromatic carbocycles. The van der Waals surface area contributed by atoms with Crippen molar-refractivity contribution in [1.29, 1.82) is 0 Å². The van der Waals surface area contributed by atoms with E-state index in [4.69, 9.17) is 5.11 Å². The molecular formula is C12H17NO2S. The van der Waals surface area contributed by atoms with Crippen molar-refractivity contribution in [3.05, 3.63) is 29.3 Å². The molecule has 0 amide bonds. The van der Waals surface area contributed by atoms with Crippen molar-refractivity contribution in [2.75, 3.05) is 17.3 Å². The third kappa shape index (κ3) is 3.45. The van der Waals surface area contributed by atoms with Gasteiger partial charge in [-0.3, -0.25) is 0 Å². The average Bonchev–Trinajstić information content (AvgIpc) is 2.17. The Hall–Kier alpha value is -1.16. The Morgan fingerprint density at radius 2 is 2.25 bits per heavy atom. The zero-order chi connectivity index (χ0) is 12.1. The van der Waals surface area contributed by atoms with Crippen molar-refractivity contribution in [2.24, 2.45) is 0 Å². The molecule has 0 aliphatic carbocycles. The first-order valence-corrected chi connectivity index (χ1v) is 6.53. The highest BCUT2D eigenvalue weighted by molar-refractivity contribution is 7.98. The molecule has 16 heavy (non-hydrogen) atoms. The lowest BCUT2D eigenvalue weighted by atomic mass is 10.1. The van der Waals surface area contributed by atoms with Gasteiger partial charge in [-0.05, 0) is 43.9 Å². The number of rotatable bonds is 5. The zero-order valence-corrected chi connectivity index (χ0v) is 10.6. The van der Waals surface area contributed by atoms with Crippen LogP contribution in [0.1, 0.15) is 22.8 Å². The Morgan fingerprint density at radius 3 is 2.75 bits per heavy atom. The molecule has 1 rings (SSSR count). The summed E-state index contributed by atoms with van der Waals surface area (Å²) in [7, 11) is 0. The van der Waals surface area contributed by atoms with Crippen LogP contribution in [0.2, 0.25) is 0 Å². The third-order valence-electron chi connectivity index (χ3n) is 2.29. The van der Waals surface area contributed by atoms with Crippen molar-refractivity contribution in [1.82, 2.24) is 0 Å². The molecule has 0 saturated heterocycles. The molecule has 0 spiro atoms. The highest BCUT2D eigenvalue weighted by Crippen LogP contribution is 2.16. The molecule has 88 valence electrons. The number of carbonyl (C=O) groups is 1. The van der Waals surface area contributed by atoms with E-state index in [9.17, 15) is 4.79 Å². The monoisotopic (exact) mass is 239 g/mol. The van der Waals surface area contributed by atoms with Crippen molar-refractivity contribution >= 4 is 23.4 Å². The summed E-state index contributed by atoms with van der Waals surface area (Å²) in [6.45, 7) is 3.92. The summed E-state index contributed by atoms with van der Waals surface area (Å²) >= 11 is 1.78. The minimum atomic E-state index is -0.874. The maximum absolute atomic E-state index is 10.8. The van der Waals surface area contributed by atoms with E-state index < -0.39 is 5.97 Å². The summed E-state index contributed by atoms with van der Waals surface area (Å²) in [4.78, 5) is 10.8. The molecule has 1 aromatic rings. The molecular weight excluding hydrogens is 222 g/mol. The van der Waals surface area contributed by atoms with E-state index in [0.717, 1.165) is 17.0 Å². The maximum Gasteiger partial charge on any atom is 0.335 e. The lowest BCUT2D eigenvalue weighted by Gasteiger charge is -2.14. The molecule has 1 unspecified atom stereocenters. The highest BCUT2D eigenvalue weighted by Gasteiger charge is 2.08. The Bertz CT molecular complexity index is 379. The van der Waals surface area contributed by atoms with Gasteiger partial charge >= 0.3 is 5.97 Å². The van der Waals surface area contributed by atoms with E-state index in [-0.39, 0.29) is 0 Å². The summed E-state index contributed by atoms with van der Waals surface area (Å²) < 4.78 is 0. The van der Waals surface area contributed by atoms with Gasteiger partial charge in [-0.2, -0.15) is 11.8 Å². The fourth-order valence-electron chi connectivity index (χ4n) is 1.57. The predicted molar refractivity (Wildman–Crippen MR) is 69.6 cm³/mol. The zero-order valence-electron chi connectivity index (χ0n) is 9.78. The SMILES string of the molecule is CSCC(C)Nc1ccc(C(=O)O)c(C)c1. The summed E-state index contributed by atoms with van der Waals surface area (Å²) in [6.07, 6.45) is 2.07. The van der Waals surface area contributed by atoms with Crippen LogP contribution in [-0.4, -0.2) is 29.1 Å². The smallest absolute Gasteiger partial charge is 0.335 e. The largest absolute Gasteiger partial charge is 0.478 e. The van der Waals surface area contributed by atoms with Crippen LogP contribution in [0.25, 0.3) is 0 Å². The molecule has 0 bridgehead atoms. The van der Waals surface area contributed by atoms with Gasteiger partial charge in [0.15, 0.2) is 0 Å². The molecule has 0 aliphatic rings. The predicted octanol–water partition coefficient (Wildman–Crippen LogP) is 2.86. The van der Waals surface area contributed by atoms with Crippen LogP contribution in [0, 0.1) is 6.92 Å². The fraction of sp³-hybridized carbons (Fsp3) is 0.417. The number of hydrogen-bond donors (Lipinski definition) is 2. The van der Waals surface area contributed by atoms with Crippen molar-refractivity contribution < 1.29 is 9.90 Å². The Balaban J connectivity index is 2.77. The number of hydrogen-bond acceptors (Lipinski definition) is 3. The van der Waals surface area contributed by atoms with Crippen LogP contribution in [0.4, 0.5) is 5.69 Å². The molecule has 0 heterocycles. The van der Waals surface area contributed by atoms with Gasteiger partial charge in [0.05, 0.1) is 5.56 Å². The number of carboxylic acid groups (broad SMARTS) is 1. The molecule has 4 heteroatoms. The van der Waals surface area contributed by atoms with Crippen molar-refractivity contribution in [3.8, 4) is 0 Å². The molecule has 2 N–H and O–H groups in total. The minimum Gasteiger partial charge on any atom is -0.478 e. The number of aromatic carboxylic acids is 1. The van der Waals surface area contributed by atoms with E-state index in [2.05, 4.69) is 18.5 Å². The van der Waals surface area contributed by atoms with Crippen LogP contribution >= 0.6 is 11.8 Å². The van der Waals surface area contributed by atoms with E-state index in [1.165, 1.54) is 0 Å². The van der Waals surface area contributed by atoms with Crippen LogP contribution < -0.4 is 5.32 Å². The number of carboxylic acids is 1. The molecule has 3 nitrogen and oxygen atoms in total. The Labute approximate surface area is 100 Å². The second-order valence-corrected chi connectivity index (χ2v) is 4.75. The first-order chi connectivity index (χ1) is 7.54. The van der Waals surface area contributed by atoms with Crippen molar-refractivity contribution in [2.45, 2.75) is 19.9 Å². The molecule has 1 atom stereocenters. The number of aryl methyl sites for hydroxylation is 1. The first-order valence-electron chi connectivity index (χ1n) is 5.14. The second-order valence-electron chi connectivity index (χ2n) is 3.84. The molecule has 0 aliphatic heterocycles. The van der Waals surface area contributed by atoms with E-state index in [1.54, 1.807) is 17.8 Å². The van der Waals surface area contributed by atoms with E-state index in [1.807, 2.05) is 19.1 Å². The summed E-state index contributed by atoms with van der Waals surface area (Å²) in [5, 5.41) is 12.2. The van der Waals surface area contributed by atoms with Crippen molar-refractivity contribution in [3.63, 3.8) is 0 Å². The van der Waals surface area contributed by atoms with Gasteiger partial charge in [-0.1, -0.05) is 0 Å². The van der Waals surface area contributed by atoms with Crippen LogP contribution in [0.15, 0.2) is 18.2 Å². The Morgan fingerprint density at radius 1 is 1.56 bits per heavy atom. The van der Waals surface area contributed by atoms with Gasteiger partial charge in [0.25, 0.3) is 0 Å².